The van der Waals surface area contributed by atoms with Crippen LogP contribution in [0.1, 0.15) is 0 Å². The zero-order valence-electron chi connectivity index (χ0n) is 11.8. The molecule has 0 spiro atoms. The molecule has 0 radical (unpaired) electrons. The molecule has 0 aliphatic rings. The van der Waals surface area contributed by atoms with Crippen LogP contribution in [-0.4, -0.2) is 47.4 Å². The predicted molar refractivity (Wildman–Crippen MR) is 80.6 cm³/mol. The molecule has 4 N–H and O–H groups in total. The first-order valence-electron chi connectivity index (χ1n) is 6.28. The summed E-state index contributed by atoms with van der Waals surface area (Å²) >= 11 is 0.921. The number of amides is 2. The average molecular weight is 342 g/mol. The number of nitrogens with one attached hydrogen (secondary N) is 3. The average Bonchev–Trinajstić information content (AvgIpc) is 2.51. The Balaban J connectivity index is 2.31. The summed E-state index contributed by atoms with van der Waals surface area (Å²) in [5.74, 6) is -2.33. The van der Waals surface area contributed by atoms with Gasteiger partial charge in [0.1, 0.15) is 11.4 Å². The van der Waals surface area contributed by atoms with Crippen molar-refractivity contribution in [3.8, 4) is 0 Å². The number of hydrogen-bond acceptors (Lipinski definition) is 7. The highest BCUT2D eigenvalue weighted by Gasteiger charge is 2.13. The van der Waals surface area contributed by atoms with Crippen LogP contribution < -0.4 is 15.4 Å². The van der Waals surface area contributed by atoms with Gasteiger partial charge < -0.3 is 15.7 Å². The number of aliphatic carboxylic acids is 1. The Kier molecular flexibility index (Phi) is 7.50. The van der Waals surface area contributed by atoms with Crippen molar-refractivity contribution in [1.29, 1.82) is 0 Å². The molecule has 0 atom stereocenters. The van der Waals surface area contributed by atoms with Gasteiger partial charge in [-0.05, 0) is 18.0 Å². The van der Waals surface area contributed by atoms with Crippen LogP contribution in [0.15, 0.2) is 29.2 Å². The molecule has 10 nitrogen and oxygen atoms in total. The molecule has 0 saturated heterocycles. The minimum absolute atomic E-state index is 0.0848. The zero-order chi connectivity index (χ0) is 17.2. The van der Waals surface area contributed by atoms with Gasteiger partial charge in [-0.3, -0.25) is 29.2 Å². The lowest BCUT2D eigenvalue weighted by molar-refractivity contribution is -0.387. The van der Waals surface area contributed by atoms with Crippen molar-refractivity contribution in [1.82, 2.24) is 15.4 Å². The van der Waals surface area contributed by atoms with Crippen LogP contribution >= 0.6 is 11.9 Å². The number of carbonyl (C=O) groups is 3. The summed E-state index contributed by atoms with van der Waals surface area (Å²) in [4.78, 5) is 43.5. The SMILES string of the molecule is O=C(O)CNC(=O)CNC(=O)CNSc1ccccc1[N+](=O)[O-]. The summed E-state index contributed by atoms with van der Waals surface area (Å²) in [5.41, 5.74) is -0.0848. The van der Waals surface area contributed by atoms with Gasteiger partial charge in [0.05, 0.1) is 18.0 Å². The molecule has 2 amide bonds. The fourth-order valence-electron chi connectivity index (χ4n) is 1.35. The Bertz CT molecular complexity index is 609. The fourth-order valence-corrected chi connectivity index (χ4v) is 2.10. The van der Waals surface area contributed by atoms with Crippen LogP contribution in [0.4, 0.5) is 5.69 Å². The van der Waals surface area contributed by atoms with Crippen LogP contribution in [0.3, 0.4) is 0 Å². The van der Waals surface area contributed by atoms with Crippen LogP contribution in [0.5, 0.6) is 0 Å². The molecule has 1 aromatic rings. The summed E-state index contributed by atoms with van der Waals surface area (Å²) in [6.45, 7) is -1.06. The van der Waals surface area contributed by atoms with E-state index in [2.05, 4.69) is 15.4 Å². The number of carboxylic acid groups (broad SMARTS) is 1. The highest BCUT2D eigenvalue weighted by atomic mass is 32.2. The first-order valence-corrected chi connectivity index (χ1v) is 7.10. The number of nitro groups is 1. The van der Waals surface area contributed by atoms with Gasteiger partial charge in [-0.1, -0.05) is 12.1 Å². The van der Waals surface area contributed by atoms with Gasteiger partial charge in [-0.15, -0.1) is 0 Å². The highest BCUT2D eigenvalue weighted by molar-refractivity contribution is 7.97. The van der Waals surface area contributed by atoms with E-state index in [0.29, 0.717) is 4.90 Å². The van der Waals surface area contributed by atoms with E-state index in [1.54, 1.807) is 6.07 Å². The zero-order valence-corrected chi connectivity index (χ0v) is 12.6. The number of para-hydroxylation sites is 1. The first-order chi connectivity index (χ1) is 10.9. The summed E-state index contributed by atoms with van der Waals surface area (Å²) in [6, 6.07) is 6.04. The van der Waals surface area contributed by atoms with E-state index in [4.69, 9.17) is 5.11 Å². The van der Waals surface area contributed by atoms with Crippen molar-refractivity contribution in [2.75, 3.05) is 19.6 Å². The summed E-state index contributed by atoms with van der Waals surface area (Å²) in [6.07, 6.45) is 0. The van der Waals surface area contributed by atoms with Gasteiger partial charge in [-0.2, -0.15) is 0 Å². The van der Waals surface area contributed by atoms with Gasteiger partial charge >= 0.3 is 5.97 Å². The normalized spacial score (nSPS) is 9.91. The third-order valence-corrected chi connectivity index (χ3v) is 3.21. The molecule has 0 fully saturated rings. The molecule has 0 unspecified atom stereocenters. The molecule has 11 heteroatoms. The van der Waals surface area contributed by atoms with Crippen molar-refractivity contribution in [2.24, 2.45) is 0 Å². The number of rotatable bonds is 9. The Morgan fingerprint density at radius 3 is 2.35 bits per heavy atom. The van der Waals surface area contributed by atoms with E-state index in [1.165, 1.54) is 18.2 Å². The van der Waals surface area contributed by atoms with E-state index in [-0.39, 0.29) is 18.8 Å². The van der Waals surface area contributed by atoms with Gasteiger partial charge in [0, 0.05) is 6.07 Å². The number of nitro benzene ring substituents is 1. The van der Waals surface area contributed by atoms with Crippen molar-refractivity contribution in [3.05, 3.63) is 34.4 Å². The molecule has 0 heterocycles. The van der Waals surface area contributed by atoms with E-state index >= 15 is 0 Å². The van der Waals surface area contributed by atoms with Crippen LogP contribution in [-0.2, 0) is 14.4 Å². The molecule has 0 aromatic heterocycles. The Morgan fingerprint density at radius 1 is 1.09 bits per heavy atom. The molecule has 1 rings (SSSR count). The van der Waals surface area contributed by atoms with Gasteiger partial charge in [0.25, 0.3) is 5.69 Å². The maximum Gasteiger partial charge on any atom is 0.322 e. The number of hydrogen-bond donors (Lipinski definition) is 4. The lowest BCUT2D eigenvalue weighted by Gasteiger charge is -2.06. The van der Waals surface area contributed by atoms with Gasteiger partial charge in [0.15, 0.2) is 0 Å². The third-order valence-electron chi connectivity index (χ3n) is 2.36. The molecule has 0 aliphatic carbocycles. The van der Waals surface area contributed by atoms with E-state index in [1.807, 2.05) is 0 Å². The van der Waals surface area contributed by atoms with Crippen LogP contribution in [0, 0.1) is 10.1 Å². The number of benzene rings is 1. The summed E-state index contributed by atoms with van der Waals surface area (Å²) in [5, 5.41) is 23.5. The van der Waals surface area contributed by atoms with E-state index in [0.717, 1.165) is 11.9 Å². The molecule has 124 valence electrons. The third kappa shape index (κ3) is 7.24. The molecule has 0 aliphatic heterocycles. The number of nitrogens with zero attached hydrogens (tertiary/aromatic N) is 1. The second kappa shape index (κ2) is 9.38. The lowest BCUT2D eigenvalue weighted by atomic mass is 10.3. The number of carbonyl (C=O) groups excluding carboxylic acids is 2. The quantitative estimate of drug-likeness (QED) is 0.267. The molecule has 23 heavy (non-hydrogen) atoms. The lowest BCUT2D eigenvalue weighted by Crippen LogP contribution is -2.41. The molecule has 0 bridgehead atoms. The first kappa shape index (κ1) is 18.4. The second-order valence-corrected chi connectivity index (χ2v) is 5.03. The molecular formula is C12H14N4O6S. The predicted octanol–water partition coefficient (Wildman–Crippen LogP) is -0.492. The van der Waals surface area contributed by atoms with Crippen molar-refractivity contribution < 1.29 is 24.4 Å². The highest BCUT2D eigenvalue weighted by Crippen LogP contribution is 2.26. The smallest absolute Gasteiger partial charge is 0.322 e. The summed E-state index contributed by atoms with van der Waals surface area (Å²) < 4.78 is 2.65. The maximum absolute atomic E-state index is 11.5. The van der Waals surface area contributed by atoms with Gasteiger partial charge in [-0.25, -0.2) is 0 Å². The number of carboxylic acids is 1. The van der Waals surface area contributed by atoms with Gasteiger partial charge in [0.2, 0.25) is 11.8 Å². The largest absolute Gasteiger partial charge is 0.480 e. The maximum atomic E-state index is 11.5. The fraction of sp³-hybridized carbons (Fsp3) is 0.250. The van der Waals surface area contributed by atoms with Crippen LogP contribution in [0.2, 0.25) is 0 Å². The standard InChI is InChI=1S/C12H14N4O6S/c17-10(14-7-12(19)20)5-13-11(18)6-15-23-9-4-2-1-3-8(9)16(21)22/h1-4,15H,5-7H2,(H,13,18)(H,14,17)(H,19,20). The molecular weight excluding hydrogens is 328 g/mol. The molecule has 0 saturated carbocycles. The Morgan fingerprint density at radius 2 is 1.70 bits per heavy atom. The van der Waals surface area contributed by atoms with E-state index in [9.17, 15) is 24.5 Å². The second-order valence-electron chi connectivity index (χ2n) is 4.10. The van der Waals surface area contributed by atoms with Crippen LogP contribution in [0.25, 0.3) is 0 Å². The van der Waals surface area contributed by atoms with Crippen molar-refractivity contribution in [3.63, 3.8) is 0 Å². The van der Waals surface area contributed by atoms with E-state index < -0.39 is 29.3 Å². The monoisotopic (exact) mass is 342 g/mol. The summed E-state index contributed by atoms with van der Waals surface area (Å²) in [7, 11) is 0. The molecule has 1 aromatic carbocycles. The van der Waals surface area contributed by atoms with Crippen molar-refractivity contribution >= 4 is 35.4 Å². The Hall–Kier alpha value is -2.66. The topological polar surface area (TPSA) is 151 Å². The minimum atomic E-state index is -1.19. The Labute approximate surface area is 134 Å². The van der Waals surface area contributed by atoms with Crippen molar-refractivity contribution in [2.45, 2.75) is 4.90 Å². The minimum Gasteiger partial charge on any atom is -0.480 e.